The van der Waals surface area contributed by atoms with Crippen LogP contribution in [0.1, 0.15) is 21.7 Å². The highest BCUT2D eigenvalue weighted by Crippen LogP contribution is 2.26. The lowest BCUT2D eigenvalue weighted by atomic mass is 10.1. The molecule has 1 aromatic carbocycles. The molecule has 0 bridgehead atoms. The number of aryl methyl sites for hydroxylation is 1. The summed E-state index contributed by atoms with van der Waals surface area (Å²) >= 11 is 6.87. The first-order valence-electron chi connectivity index (χ1n) is 5.14. The van der Waals surface area contributed by atoms with Gasteiger partial charge in [0, 0.05) is 5.75 Å². The first-order valence-corrected chi connectivity index (χ1v) is 6.50. The molecule has 1 aromatic heterocycles. The van der Waals surface area contributed by atoms with Gasteiger partial charge in [0.2, 0.25) is 0 Å². The summed E-state index contributed by atoms with van der Waals surface area (Å²) in [5.41, 5.74) is 2.51. The number of hydrogen-bond donors (Lipinski definition) is 0. The minimum Gasteiger partial charge on any atom is -0.445 e. The summed E-state index contributed by atoms with van der Waals surface area (Å²) < 4.78 is 5.29. The second-order valence-electron chi connectivity index (χ2n) is 3.61. The Labute approximate surface area is 109 Å². The number of rotatable bonds is 4. The molecule has 0 unspecified atom stereocenters. The molecular formula is C13H11ClO2S. The van der Waals surface area contributed by atoms with Crippen LogP contribution in [-0.4, -0.2) is 5.24 Å². The van der Waals surface area contributed by atoms with E-state index in [-0.39, 0.29) is 5.76 Å². The summed E-state index contributed by atoms with van der Waals surface area (Å²) in [6.45, 7) is 2.08. The largest absolute Gasteiger partial charge is 0.445 e. The highest BCUT2D eigenvalue weighted by molar-refractivity contribution is 7.98. The Hall–Kier alpha value is -1.19. The summed E-state index contributed by atoms with van der Waals surface area (Å²) in [7, 11) is 0. The quantitative estimate of drug-likeness (QED) is 0.612. The minimum absolute atomic E-state index is 0.193. The molecule has 4 heteroatoms. The molecule has 0 radical (unpaired) electrons. The molecule has 2 nitrogen and oxygen atoms in total. The van der Waals surface area contributed by atoms with Gasteiger partial charge >= 0.3 is 0 Å². The molecule has 0 saturated heterocycles. The molecule has 2 aromatic rings. The average Bonchev–Trinajstić information content (AvgIpc) is 2.77. The van der Waals surface area contributed by atoms with Gasteiger partial charge in [-0.2, -0.15) is 0 Å². The van der Waals surface area contributed by atoms with Crippen LogP contribution in [0.15, 0.2) is 45.9 Å². The molecule has 2 rings (SSSR count). The van der Waals surface area contributed by atoms with Gasteiger partial charge in [-0.05, 0) is 41.8 Å². The van der Waals surface area contributed by atoms with Crippen LogP contribution in [0.3, 0.4) is 0 Å². The van der Waals surface area contributed by atoms with Gasteiger partial charge in [-0.25, -0.2) is 0 Å². The zero-order valence-corrected chi connectivity index (χ0v) is 10.8. The molecular weight excluding hydrogens is 256 g/mol. The molecule has 17 heavy (non-hydrogen) atoms. The normalized spacial score (nSPS) is 10.5. The van der Waals surface area contributed by atoms with Crippen molar-refractivity contribution in [2.75, 3.05) is 0 Å². The number of carbonyl (C=O) groups is 1. The number of benzene rings is 1. The lowest BCUT2D eigenvalue weighted by Gasteiger charge is -2.02. The van der Waals surface area contributed by atoms with Crippen molar-refractivity contribution >= 4 is 28.6 Å². The van der Waals surface area contributed by atoms with E-state index in [0.717, 1.165) is 5.75 Å². The van der Waals surface area contributed by atoms with Gasteiger partial charge in [-0.3, -0.25) is 4.79 Å². The van der Waals surface area contributed by atoms with E-state index in [9.17, 15) is 4.79 Å². The van der Waals surface area contributed by atoms with E-state index < -0.39 is 5.24 Å². The zero-order valence-electron chi connectivity index (χ0n) is 9.27. The Kier molecular flexibility index (Phi) is 3.92. The van der Waals surface area contributed by atoms with Crippen LogP contribution in [0, 0.1) is 6.92 Å². The van der Waals surface area contributed by atoms with Gasteiger partial charge in [-0.1, -0.05) is 36.0 Å². The fourth-order valence-corrected chi connectivity index (χ4v) is 2.46. The lowest BCUT2D eigenvalue weighted by molar-refractivity contribution is 0.105. The SMILES string of the molecule is Cc1ccccc1CSc1ccc(C(=O)Cl)o1. The van der Waals surface area contributed by atoms with E-state index in [1.54, 1.807) is 23.9 Å². The van der Waals surface area contributed by atoms with Gasteiger partial charge in [0.1, 0.15) is 0 Å². The maximum absolute atomic E-state index is 10.8. The summed E-state index contributed by atoms with van der Waals surface area (Å²) in [5.74, 6) is 1.01. The van der Waals surface area contributed by atoms with E-state index in [1.807, 2.05) is 12.1 Å². The molecule has 88 valence electrons. The zero-order chi connectivity index (χ0) is 12.3. The monoisotopic (exact) mass is 266 g/mol. The molecule has 0 aliphatic carbocycles. The predicted octanol–water partition coefficient (Wildman–Crippen LogP) is 4.26. The number of carbonyl (C=O) groups excluding carboxylic acids is 1. The minimum atomic E-state index is -0.562. The number of hydrogen-bond acceptors (Lipinski definition) is 3. The molecule has 0 aliphatic heterocycles. The second kappa shape index (κ2) is 5.43. The molecule has 0 amide bonds. The van der Waals surface area contributed by atoms with Gasteiger partial charge < -0.3 is 4.42 Å². The number of thioether (sulfide) groups is 1. The summed E-state index contributed by atoms with van der Waals surface area (Å²) in [6, 6.07) is 11.5. The van der Waals surface area contributed by atoms with E-state index in [1.165, 1.54) is 11.1 Å². The number of furan rings is 1. The summed E-state index contributed by atoms with van der Waals surface area (Å²) in [6.07, 6.45) is 0. The standard InChI is InChI=1S/C13H11ClO2S/c1-9-4-2-3-5-10(9)8-17-12-7-6-11(16-12)13(14)15/h2-7H,8H2,1H3. The molecule has 0 fully saturated rings. The fourth-order valence-electron chi connectivity index (χ4n) is 1.42. The van der Waals surface area contributed by atoms with Crippen LogP contribution >= 0.6 is 23.4 Å². The second-order valence-corrected chi connectivity index (χ2v) is 4.93. The van der Waals surface area contributed by atoms with Gasteiger partial charge in [-0.15, -0.1) is 0 Å². The first kappa shape index (κ1) is 12.3. The lowest BCUT2D eigenvalue weighted by Crippen LogP contribution is -1.84. The molecule has 0 spiro atoms. The summed E-state index contributed by atoms with van der Waals surface area (Å²) in [5, 5.41) is 0.144. The third kappa shape index (κ3) is 3.14. The van der Waals surface area contributed by atoms with E-state index >= 15 is 0 Å². The van der Waals surface area contributed by atoms with Crippen molar-refractivity contribution < 1.29 is 9.21 Å². The van der Waals surface area contributed by atoms with Crippen molar-refractivity contribution in [3.05, 3.63) is 53.3 Å². The third-order valence-corrected chi connectivity index (χ3v) is 3.55. The van der Waals surface area contributed by atoms with Gasteiger partial charge in [0.25, 0.3) is 5.24 Å². The van der Waals surface area contributed by atoms with Crippen LogP contribution in [0.25, 0.3) is 0 Å². The van der Waals surface area contributed by atoms with Crippen LogP contribution in [0.2, 0.25) is 0 Å². The van der Waals surface area contributed by atoms with Crippen molar-refractivity contribution in [2.24, 2.45) is 0 Å². The molecule has 0 atom stereocenters. The van der Waals surface area contributed by atoms with E-state index in [2.05, 4.69) is 19.1 Å². The smallest absolute Gasteiger partial charge is 0.287 e. The Bertz CT molecular complexity index is 534. The molecule has 0 N–H and O–H groups in total. The van der Waals surface area contributed by atoms with Gasteiger partial charge in [0.15, 0.2) is 10.9 Å². The Morgan fingerprint density at radius 1 is 1.29 bits per heavy atom. The van der Waals surface area contributed by atoms with E-state index in [4.69, 9.17) is 16.0 Å². The number of halogens is 1. The Balaban J connectivity index is 2.02. The molecule has 0 aliphatic rings. The topological polar surface area (TPSA) is 30.2 Å². The predicted molar refractivity (Wildman–Crippen MR) is 69.6 cm³/mol. The van der Waals surface area contributed by atoms with Crippen LogP contribution in [0.4, 0.5) is 0 Å². The van der Waals surface area contributed by atoms with E-state index in [0.29, 0.717) is 5.09 Å². The average molecular weight is 267 g/mol. The maximum atomic E-state index is 10.8. The van der Waals surface area contributed by atoms with Crippen LogP contribution < -0.4 is 0 Å². The van der Waals surface area contributed by atoms with Crippen molar-refractivity contribution in [1.29, 1.82) is 0 Å². The highest BCUT2D eigenvalue weighted by atomic mass is 35.5. The van der Waals surface area contributed by atoms with Crippen LogP contribution in [-0.2, 0) is 5.75 Å². The first-order chi connectivity index (χ1) is 8.16. The van der Waals surface area contributed by atoms with Crippen molar-refractivity contribution in [2.45, 2.75) is 17.8 Å². The highest BCUT2D eigenvalue weighted by Gasteiger charge is 2.08. The van der Waals surface area contributed by atoms with Crippen molar-refractivity contribution in [1.82, 2.24) is 0 Å². The summed E-state index contributed by atoms with van der Waals surface area (Å²) in [4.78, 5) is 10.8. The maximum Gasteiger partial charge on any atom is 0.287 e. The molecule has 1 heterocycles. The van der Waals surface area contributed by atoms with Crippen molar-refractivity contribution in [3.8, 4) is 0 Å². The third-order valence-electron chi connectivity index (χ3n) is 2.41. The molecule has 0 saturated carbocycles. The van der Waals surface area contributed by atoms with Crippen LogP contribution in [0.5, 0.6) is 0 Å². The van der Waals surface area contributed by atoms with Crippen molar-refractivity contribution in [3.63, 3.8) is 0 Å². The Morgan fingerprint density at radius 2 is 2.06 bits per heavy atom. The fraction of sp³-hybridized carbons (Fsp3) is 0.154. The Morgan fingerprint density at radius 3 is 2.71 bits per heavy atom. The van der Waals surface area contributed by atoms with Gasteiger partial charge in [0.05, 0.1) is 0 Å².